The Morgan fingerprint density at radius 1 is 0.984 bits per heavy atom. The van der Waals surface area contributed by atoms with Crippen molar-refractivity contribution >= 4 is 59.6 Å². The zero-order valence-electron chi connectivity index (χ0n) is 32.4. The molecule has 13 N–H and O–H groups in total. The fraction of sp³-hybridized carbons (Fsp3) is 0.342. The van der Waals surface area contributed by atoms with Crippen molar-refractivity contribution < 1.29 is 67.7 Å². The van der Waals surface area contributed by atoms with Crippen LogP contribution in [0.4, 0.5) is 10.5 Å². The van der Waals surface area contributed by atoms with Gasteiger partial charge >= 0.3 is 19.7 Å². The quantitative estimate of drug-likeness (QED) is 0.0168. The topological polar surface area (TPSA) is 340 Å². The number of fused-ring (bicyclic) bond motifs is 2. The summed E-state index contributed by atoms with van der Waals surface area (Å²) in [4.78, 5) is 60.5. The van der Waals surface area contributed by atoms with Gasteiger partial charge in [0.05, 0.1) is 44.6 Å². The third-order valence-electron chi connectivity index (χ3n) is 9.22. The molecule has 23 heteroatoms. The van der Waals surface area contributed by atoms with E-state index in [1.54, 1.807) is 24.3 Å². The van der Waals surface area contributed by atoms with Crippen molar-refractivity contribution in [2.45, 2.75) is 31.3 Å². The highest BCUT2D eigenvalue weighted by Gasteiger charge is 2.45. The van der Waals surface area contributed by atoms with Gasteiger partial charge in [-0.15, -0.1) is 0 Å². The number of anilines is 1. The van der Waals surface area contributed by atoms with Crippen LogP contribution >= 0.6 is 19.8 Å². The lowest BCUT2D eigenvalue weighted by molar-refractivity contribution is -0.109. The number of phenols is 1. The highest BCUT2D eigenvalue weighted by Crippen LogP contribution is 2.50. The van der Waals surface area contributed by atoms with Crippen molar-refractivity contribution in [3.63, 3.8) is 0 Å². The molecule has 3 aliphatic rings. The molecule has 1 aliphatic carbocycles. The molecule has 2 aromatic carbocycles. The van der Waals surface area contributed by atoms with Crippen LogP contribution in [0.3, 0.4) is 0 Å². The molecule has 2 aromatic rings. The smallest absolute Gasteiger partial charge is 0.407 e. The summed E-state index contributed by atoms with van der Waals surface area (Å²) in [6, 6.07) is 12.3. The number of nitrogens with one attached hydrogen (secondary N) is 3. The molecule has 0 radical (unpaired) electrons. The van der Waals surface area contributed by atoms with Crippen LogP contribution < -0.4 is 32.8 Å². The normalized spacial score (nSPS) is 17.4. The second-order valence-electron chi connectivity index (χ2n) is 13.6. The molecule has 0 fully saturated rings. The van der Waals surface area contributed by atoms with Crippen LogP contribution in [0.2, 0.25) is 0 Å². The number of nitrogens with zero attached hydrogens (tertiary/aromatic N) is 1. The molecule has 61 heavy (non-hydrogen) atoms. The number of aliphatic hydroxyl groups is 2. The molecule has 1 amide bonds. The monoisotopic (exact) mass is 888 g/mol. The first-order chi connectivity index (χ1) is 29.0. The number of thiocarbonyl (C=S) groups is 1. The maximum absolute atomic E-state index is 12.6. The lowest BCUT2D eigenvalue weighted by Crippen LogP contribution is -2.52. The minimum atomic E-state index is -4.96. The van der Waals surface area contributed by atoms with Crippen molar-refractivity contribution in [3.05, 3.63) is 82.0 Å². The molecule has 0 saturated heterocycles. The summed E-state index contributed by atoms with van der Waals surface area (Å²) in [6.07, 6.45) is -4.67. The van der Waals surface area contributed by atoms with Crippen molar-refractivity contribution in [3.8, 4) is 28.2 Å². The predicted octanol–water partition coefficient (Wildman–Crippen LogP) is 1.43. The van der Waals surface area contributed by atoms with Gasteiger partial charge in [0.1, 0.15) is 29.3 Å². The highest BCUT2D eigenvalue weighted by atomic mass is 32.1. The van der Waals surface area contributed by atoms with E-state index in [-0.39, 0.29) is 78.7 Å². The SMILES string of the molecule is C[C@H]1[C@H]([C@H](OC(=O)NCCOCCOCCNC(=S)Nc2ccc(-c3c4ccc(=O)cc-4oc4cc(O)ccc34)c(C(=O)O)c2)[C@H](O)CO)OC(P(=O)(O)O)=C[C@@H]1N=C(N)N. The number of aromatic carboxylic acids is 1. The van der Waals surface area contributed by atoms with Crippen LogP contribution in [0.15, 0.2) is 80.4 Å². The molecule has 0 saturated carbocycles. The molecule has 2 aliphatic heterocycles. The number of carboxylic acids is 1. The van der Waals surface area contributed by atoms with Gasteiger partial charge in [0.15, 0.2) is 22.6 Å². The maximum atomic E-state index is 12.6. The van der Waals surface area contributed by atoms with Gasteiger partial charge in [-0.3, -0.25) is 9.36 Å². The summed E-state index contributed by atoms with van der Waals surface area (Å²) < 4.78 is 39.6. The van der Waals surface area contributed by atoms with E-state index in [1.807, 2.05) is 0 Å². The van der Waals surface area contributed by atoms with E-state index in [9.17, 15) is 49.2 Å². The average molecular weight is 889 g/mol. The number of hydrogen-bond acceptors (Lipinski definition) is 14. The largest absolute Gasteiger partial charge is 0.508 e. The van der Waals surface area contributed by atoms with Gasteiger partial charge < -0.3 is 81.0 Å². The van der Waals surface area contributed by atoms with E-state index in [4.69, 9.17) is 47.0 Å². The third-order valence-corrected chi connectivity index (χ3v) is 10.3. The summed E-state index contributed by atoms with van der Waals surface area (Å²) in [5.41, 5.74) is 11.8. The van der Waals surface area contributed by atoms with Gasteiger partial charge in [0, 0.05) is 53.3 Å². The second-order valence-corrected chi connectivity index (χ2v) is 15.5. The standard InChI is InChI=1S/C38H45N6O15PS/c1-19-27(44-36(39)40)17-31(60(52,53)54)58-33(19)34(28(48)18-45)59-38(51)42-9-11-56-13-12-55-10-8-41-37(61)43-20-2-5-23(26(14-20)35(49)50)32-24-6-3-21(46)15-29(24)57-30-16-22(47)4-7-25(30)32/h2-7,14-17,19,27-28,33-34,45-46,48H,8-13,18H2,1H3,(H,42,51)(H,49,50)(H4,39,40,44)(H2,41,43,61)(H2,52,53,54)/t19-,27+,28-,33-,34-/m1/s1. The summed E-state index contributed by atoms with van der Waals surface area (Å²) in [6.45, 7) is 1.47. The number of hydrogen-bond donors (Lipinski definition) is 11. The van der Waals surface area contributed by atoms with Crippen LogP contribution in [0, 0.1) is 5.92 Å². The van der Waals surface area contributed by atoms with Crippen molar-refractivity contribution in [1.82, 2.24) is 10.6 Å². The first-order valence-electron chi connectivity index (χ1n) is 18.5. The van der Waals surface area contributed by atoms with E-state index in [1.165, 1.54) is 37.3 Å². The summed E-state index contributed by atoms with van der Waals surface area (Å²) in [7, 11) is -4.96. The Morgan fingerprint density at radius 3 is 2.33 bits per heavy atom. The number of nitrogens with two attached hydrogens (primary N) is 2. The number of carboxylic acid groups (broad SMARTS) is 1. The number of carbonyl (C=O) groups is 2. The van der Waals surface area contributed by atoms with Crippen molar-refractivity contribution in [1.29, 1.82) is 0 Å². The zero-order valence-corrected chi connectivity index (χ0v) is 34.1. The summed E-state index contributed by atoms with van der Waals surface area (Å²) >= 11 is 5.38. The van der Waals surface area contributed by atoms with E-state index >= 15 is 0 Å². The molecule has 0 unspecified atom stereocenters. The van der Waals surface area contributed by atoms with Crippen molar-refractivity contribution in [2.24, 2.45) is 22.4 Å². The van der Waals surface area contributed by atoms with Gasteiger partial charge in [0.2, 0.25) is 5.50 Å². The van der Waals surface area contributed by atoms with Gasteiger partial charge in [-0.1, -0.05) is 13.0 Å². The van der Waals surface area contributed by atoms with Crippen LogP contribution in [0.5, 0.6) is 5.75 Å². The number of rotatable bonds is 18. The lowest BCUT2D eigenvalue weighted by atomic mass is 9.88. The summed E-state index contributed by atoms with van der Waals surface area (Å²) in [5, 5.41) is 49.4. The number of alkyl carbamates (subject to hydrolysis) is 1. The Morgan fingerprint density at radius 2 is 1.67 bits per heavy atom. The molecular formula is C38H45N6O15PS. The Kier molecular flexibility index (Phi) is 15.6. The molecule has 0 bridgehead atoms. The number of aliphatic imine (C=N–C) groups is 1. The molecule has 5 rings (SSSR count). The fourth-order valence-corrected chi connectivity index (χ4v) is 7.22. The lowest BCUT2D eigenvalue weighted by Gasteiger charge is -2.39. The number of aromatic hydroxyl groups is 1. The van der Waals surface area contributed by atoms with Crippen LogP contribution in [-0.2, 0) is 23.5 Å². The molecule has 5 atom stereocenters. The van der Waals surface area contributed by atoms with E-state index in [2.05, 4.69) is 20.9 Å². The van der Waals surface area contributed by atoms with Crippen LogP contribution in [0.25, 0.3) is 33.4 Å². The number of aliphatic hydroxyl groups excluding tert-OH is 2. The molecule has 328 valence electrons. The maximum Gasteiger partial charge on any atom is 0.407 e. The van der Waals surface area contributed by atoms with E-state index in [0.717, 1.165) is 6.08 Å². The van der Waals surface area contributed by atoms with Gasteiger partial charge in [0.25, 0.3) is 0 Å². The minimum Gasteiger partial charge on any atom is -0.508 e. The van der Waals surface area contributed by atoms with Gasteiger partial charge in [-0.25, -0.2) is 14.6 Å². The fourth-order valence-electron chi connectivity index (χ4n) is 6.40. The first-order valence-corrected chi connectivity index (χ1v) is 20.5. The molecule has 0 spiro atoms. The number of ether oxygens (including phenoxy) is 4. The van der Waals surface area contributed by atoms with E-state index in [0.29, 0.717) is 27.8 Å². The van der Waals surface area contributed by atoms with Gasteiger partial charge in [-0.05, 0) is 60.3 Å². The Labute approximate surface area is 352 Å². The molecule has 21 nitrogen and oxygen atoms in total. The number of phenolic OH excluding ortho intramolecular Hbond substituents is 1. The number of amides is 1. The van der Waals surface area contributed by atoms with Crippen molar-refractivity contribution in [2.75, 3.05) is 51.4 Å². The minimum absolute atomic E-state index is 0.0275. The average Bonchev–Trinajstić information content (AvgIpc) is 3.19. The number of carbonyl (C=O) groups excluding carboxylic acids is 1. The molecule has 2 heterocycles. The molecular weight excluding hydrogens is 843 g/mol. The number of benzene rings is 3. The summed E-state index contributed by atoms with van der Waals surface area (Å²) in [5.74, 6) is -2.21. The Hall–Kier alpha value is -5.84. The second kappa shape index (κ2) is 20.6. The third kappa shape index (κ3) is 12.1. The highest BCUT2D eigenvalue weighted by molar-refractivity contribution is 7.80. The zero-order chi connectivity index (χ0) is 44.4. The number of guanidine groups is 1. The Balaban J connectivity index is 1.05. The predicted molar refractivity (Wildman–Crippen MR) is 224 cm³/mol. The first kappa shape index (κ1) is 46.2. The van der Waals surface area contributed by atoms with Crippen LogP contribution in [0.1, 0.15) is 17.3 Å². The molecule has 0 aromatic heterocycles. The Bertz CT molecular complexity index is 2370. The van der Waals surface area contributed by atoms with Gasteiger partial charge in [-0.2, -0.15) is 0 Å². The van der Waals surface area contributed by atoms with E-state index < -0.39 is 62.0 Å². The van der Waals surface area contributed by atoms with Crippen LogP contribution in [-0.4, -0.2) is 124 Å².